The number of H-pyrrole nitrogens is 1. The summed E-state index contributed by atoms with van der Waals surface area (Å²) in [6, 6.07) is 1.33. The van der Waals surface area contributed by atoms with Crippen LogP contribution in [0.1, 0.15) is 0 Å². The summed E-state index contributed by atoms with van der Waals surface area (Å²) < 4.78 is 1.37. The van der Waals surface area contributed by atoms with Gasteiger partial charge in [-0.25, -0.2) is 4.79 Å². The molecule has 0 amide bonds. The molecule has 0 aliphatic rings. The van der Waals surface area contributed by atoms with Crippen molar-refractivity contribution in [2.75, 3.05) is 0 Å². The molecule has 0 bridgehead atoms. The SMILES string of the molecule is C[Si](C)(C)/C=C/n1ccc(=O)[nH]c1=O. The first-order valence-electron chi connectivity index (χ1n) is 4.39. The Morgan fingerprint density at radius 3 is 2.50 bits per heavy atom. The van der Waals surface area contributed by atoms with E-state index in [1.54, 1.807) is 6.20 Å². The Kier molecular flexibility index (Phi) is 2.90. The summed E-state index contributed by atoms with van der Waals surface area (Å²) in [4.78, 5) is 24.2. The van der Waals surface area contributed by atoms with Crippen molar-refractivity contribution in [3.8, 4) is 0 Å². The second kappa shape index (κ2) is 3.79. The number of aromatic amines is 1. The Balaban J connectivity index is 3.05. The summed E-state index contributed by atoms with van der Waals surface area (Å²) in [6.45, 7) is 6.50. The lowest BCUT2D eigenvalue weighted by molar-refractivity contribution is 0.938. The fourth-order valence-corrected chi connectivity index (χ4v) is 1.46. The van der Waals surface area contributed by atoms with Crippen molar-refractivity contribution >= 4 is 14.3 Å². The van der Waals surface area contributed by atoms with Crippen LogP contribution in [0.25, 0.3) is 6.20 Å². The Morgan fingerprint density at radius 1 is 1.36 bits per heavy atom. The van der Waals surface area contributed by atoms with E-state index in [0.29, 0.717) is 0 Å². The summed E-state index contributed by atoms with van der Waals surface area (Å²) >= 11 is 0. The average Bonchev–Trinajstić information content (AvgIpc) is 2.00. The number of nitrogens with one attached hydrogen (secondary N) is 1. The van der Waals surface area contributed by atoms with E-state index in [2.05, 4.69) is 24.6 Å². The highest BCUT2D eigenvalue weighted by Gasteiger charge is 2.06. The van der Waals surface area contributed by atoms with Crippen LogP contribution in [0.5, 0.6) is 0 Å². The van der Waals surface area contributed by atoms with Crippen molar-refractivity contribution in [1.82, 2.24) is 9.55 Å². The van der Waals surface area contributed by atoms with Gasteiger partial charge in [0.1, 0.15) is 0 Å². The smallest absolute Gasteiger partial charge is 0.277 e. The second-order valence-electron chi connectivity index (χ2n) is 4.20. The molecule has 0 atom stereocenters. The predicted molar refractivity (Wildman–Crippen MR) is 60.0 cm³/mol. The van der Waals surface area contributed by atoms with E-state index >= 15 is 0 Å². The first-order chi connectivity index (χ1) is 6.38. The minimum atomic E-state index is -1.31. The minimum Gasteiger partial charge on any atom is -0.277 e. The van der Waals surface area contributed by atoms with Crippen LogP contribution in [0.4, 0.5) is 0 Å². The summed E-state index contributed by atoms with van der Waals surface area (Å²) in [5.41, 5.74) is 1.27. The molecular weight excluding hydrogens is 196 g/mol. The van der Waals surface area contributed by atoms with Gasteiger partial charge in [-0.1, -0.05) is 25.3 Å². The molecule has 0 fully saturated rings. The molecular formula is C9H14N2O2Si. The van der Waals surface area contributed by atoms with Gasteiger partial charge in [0.15, 0.2) is 0 Å². The highest BCUT2D eigenvalue weighted by Crippen LogP contribution is 2.01. The van der Waals surface area contributed by atoms with E-state index < -0.39 is 13.8 Å². The molecule has 0 saturated heterocycles. The Labute approximate surface area is 82.9 Å². The number of aromatic nitrogens is 2. The highest BCUT2D eigenvalue weighted by molar-refractivity contribution is 6.81. The third kappa shape index (κ3) is 3.18. The molecule has 1 heterocycles. The number of hydrogen-bond donors (Lipinski definition) is 1. The van der Waals surface area contributed by atoms with E-state index in [1.165, 1.54) is 16.8 Å². The van der Waals surface area contributed by atoms with Crippen LogP contribution in [0.3, 0.4) is 0 Å². The lowest BCUT2D eigenvalue weighted by Crippen LogP contribution is -2.26. The van der Waals surface area contributed by atoms with Gasteiger partial charge in [0, 0.05) is 18.5 Å². The molecule has 0 spiro atoms. The maximum atomic E-state index is 11.2. The molecule has 14 heavy (non-hydrogen) atoms. The van der Waals surface area contributed by atoms with Gasteiger partial charge in [0.05, 0.1) is 8.07 Å². The maximum absolute atomic E-state index is 11.2. The van der Waals surface area contributed by atoms with Gasteiger partial charge in [-0.3, -0.25) is 14.3 Å². The van der Waals surface area contributed by atoms with Crippen LogP contribution in [-0.4, -0.2) is 17.6 Å². The summed E-state index contributed by atoms with van der Waals surface area (Å²) in [7, 11) is -1.31. The molecule has 0 aromatic carbocycles. The largest absolute Gasteiger partial charge is 0.332 e. The summed E-state index contributed by atoms with van der Waals surface area (Å²) in [5, 5.41) is 0. The number of nitrogens with zero attached hydrogens (tertiary/aromatic N) is 1. The van der Waals surface area contributed by atoms with Crippen molar-refractivity contribution in [3.63, 3.8) is 0 Å². The maximum Gasteiger partial charge on any atom is 0.332 e. The van der Waals surface area contributed by atoms with Gasteiger partial charge < -0.3 is 0 Å². The molecule has 1 N–H and O–H groups in total. The summed E-state index contributed by atoms with van der Waals surface area (Å²) in [6.07, 6.45) is 3.18. The minimum absolute atomic E-state index is 0.368. The first kappa shape index (κ1) is 10.7. The molecule has 1 rings (SSSR count). The molecule has 5 heteroatoms. The van der Waals surface area contributed by atoms with E-state index in [9.17, 15) is 9.59 Å². The Hall–Kier alpha value is -1.36. The molecule has 0 unspecified atom stereocenters. The van der Waals surface area contributed by atoms with Crippen molar-refractivity contribution < 1.29 is 0 Å². The normalized spacial score (nSPS) is 12.2. The number of rotatable bonds is 2. The van der Waals surface area contributed by atoms with Gasteiger partial charge >= 0.3 is 5.69 Å². The van der Waals surface area contributed by atoms with Gasteiger partial charge in [-0.05, 0) is 0 Å². The van der Waals surface area contributed by atoms with Gasteiger partial charge in [-0.2, -0.15) is 0 Å². The van der Waals surface area contributed by atoms with Crippen LogP contribution in [-0.2, 0) is 0 Å². The van der Waals surface area contributed by atoms with E-state index in [-0.39, 0.29) is 5.56 Å². The third-order valence-corrected chi connectivity index (χ3v) is 2.74. The lowest BCUT2D eigenvalue weighted by atomic mass is 10.6. The average molecular weight is 210 g/mol. The highest BCUT2D eigenvalue weighted by atomic mass is 28.3. The van der Waals surface area contributed by atoms with Crippen LogP contribution in [0.15, 0.2) is 27.6 Å². The van der Waals surface area contributed by atoms with Gasteiger partial charge in [0.2, 0.25) is 0 Å². The zero-order chi connectivity index (χ0) is 10.8. The van der Waals surface area contributed by atoms with Crippen LogP contribution >= 0.6 is 0 Å². The van der Waals surface area contributed by atoms with E-state index in [0.717, 1.165) is 0 Å². The van der Waals surface area contributed by atoms with Crippen LogP contribution < -0.4 is 11.2 Å². The third-order valence-electron chi connectivity index (χ3n) is 1.59. The van der Waals surface area contributed by atoms with E-state index in [4.69, 9.17) is 0 Å². The topological polar surface area (TPSA) is 54.9 Å². The van der Waals surface area contributed by atoms with Crippen molar-refractivity contribution in [2.45, 2.75) is 19.6 Å². The molecule has 0 aliphatic heterocycles. The van der Waals surface area contributed by atoms with Gasteiger partial charge in [-0.15, -0.1) is 0 Å². The predicted octanol–water partition coefficient (Wildman–Crippen LogP) is 0.885. The van der Waals surface area contributed by atoms with Crippen molar-refractivity contribution in [3.05, 3.63) is 38.8 Å². The van der Waals surface area contributed by atoms with Crippen LogP contribution in [0.2, 0.25) is 19.6 Å². The zero-order valence-electron chi connectivity index (χ0n) is 8.57. The Bertz CT molecular complexity index is 451. The van der Waals surface area contributed by atoms with Crippen LogP contribution in [0, 0.1) is 0 Å². The van der Waals surface area contributed by atoms with Crippen molar-refractivity contribution in [1.29, 1.82) is 0 Å². The number of hydrogen-bond acceptors (Lipinski definition) is 2. The molecule has 1 aromatic rings. The lowest BCUT2D eigenvalue weighted by Gasteiger charge is -2.08. The quantitative estimate of drug-likeness (QED) is 0.737. The monoisotopic (exact) mass is 210 g/mol. The standard InChI is InChI=1S/C9H14N2O2Si/c1-14(2,3)7-6-11-5-4-8(12)10-9(11)13/h4-7H,1-3H3,(H,10,12,13)/b7-6+. The molecule has 76 valence electrons. The molecule has 0 saturated carbocycles. The van der Waals surface area contributed by atoms with Crippen molar-refractivity contribution in [2.24, 2.45) is 0 Å². The van der Waals surface area contributed by atoms with Gasteiger partial charge in [0.25, 0.3) is 5.56 Å². The fourth-order valence-electron chi connectivity index (χ4n) is 0.849. The zero-order valence-corrected chi connectivity index (χ0v) is 9.57. The first-order valence-corrected chi connectivity index (χ1v) is 7.97. The molecule has 0 radical (unpaired) electrons. The fraction of sp³-hybridized carbons (Fsp3) is 0.333. The molecule has 0 aliphatic carbocycles. The molecule has 4 nitrogen and oxygen atoms in total. The molecule has 1 aromatic heterocycles. The Morgan fingerprint density at radius 2 is 2.00 bits per heavy atom. The summed E-state index contributed by atoms with van der Waals surface area (Å²) in [5.74, 6) is 0. The van der Waals surface area contributed by atoms with E-state index in [1.807, 2.05) is 5.70 Å². The second-order valence-corrected chi connectivity index (χ2v) is 9.26.